The topological polar surface area (TPSA) is 108 Å². The number of rotatable bonds is 5. The smallest absolute Gasteiger partial charge is 0.444 e. The number of hydrogen-bond donors (Lipinski definition) is 0. The average molecular weight is 340 g/mol. The number of nitro benzene ring substituents is 1. The van der Waals surface area contributed by atoms with E-state index < -0.39 is 22.8 Å². The van der Waals surface area contributed by atoms with E-state index in [1.807, 2.05) is 0 Å². The first-order chi connectivity index (χ1) is 11.1. The van der Waals surface area contributed by atoms with E-state index in [-0.39, 0.29) is 24.6 Å². The van der Waals surface area contributed by atoms with Crippen molar-refractivity contribution in [1.82, 2.24) is 4.90 Å². The van der Waals surface area contributed by atoms with Crippen molar-refractivity contribution in [3.05, 3.63) is 34.4 Å². The summed E-state index contributed by atoms with van der Waals surface area (Å²) in [6, 6.07) is 4.98. The summed E-state index contributed by atoms with van der Waals surface area (Å²) in [6.45, 7) is 5.29. The number of ether oxygens (including phenoxy) is 3. The minimum Gasteiger partial charge on any atom is -0.444 e. The third-order valence-corrected chi connectivity index (χ3v) is 2.60. The van der Waals surface area contributed by atoms with Gasteiger partial charge in [0.2, 0.25) is 0 Å². The number of non-ortho nitro benzene ring substituents is 1. The lowest BCUT2D eigenvalue weighted by Gasteiger charge is -2.24. The van der Waals surface area contributed by atoms with Gasteiger partial charge in [0, 0.05) is 19.2 Å². The summed E-state index contributed by atoms with van der Waals surface area (Å²) >= 11 is 0. The van der Waals surface area contributed by atoms with Crippen LogP contribution in [0.2, 0.25) is 0 Å². The van der Waals surface area contributed by atoms with Crippen molar-refractivity contribution in [2.75, 3.05) is 20.2 Å². The van der Waals surface area contributed by atoms with E-state index in [9.17, 15) is 19.7 Å². The van der Waals surface area contributed by atoms with Gasteiger partial charge in [-0.2, -0.15) is 0 Å². The first-order valence-electron chi connectivity index (χ1n) is 7.11. The summed E-state index contributed by atoms with van der Waals surface area (Å²) in [5.74, 6) is 0.117. The molecule has 24 heavy (non-hydrogen) atoms. The summed E-state index contributed by atoms with van der Waals surface area (Å²) in [7, 11) is 1.51. The van der Waals surface area contributed by atoms with Gasteiger partial charge in [-0.1, -0.05) is 0 Å². The lowest BCUT2D eigenvalue weighted by atomic mass is 10.2. The van der Waals surface area contributed by atoms with E-state index in [2.05, 4.69) is 0 Å². The molecule has 0 fully saturated rings. The Kier molecular flexibility index (Phi) is 6.51. The highest BCUT2D eigenvalue weighted by Crippen LogP contribution is 2.17. The second kappa shape index (κ2) is 8.14. The second-order valence-electron chi connectivity index (χ2n) is 5.85. The molecule has 9 nitrogen and oxygen atoms in total. The van der Waals surface area contributed by atoms with Gasteiger partial charge in [-0.05, 0) is 32.9 Å². The minimum atomic E-state index is -0.971. The Bertz CT molecular complexity index is 593. The van der Waals surface area contributed by atoms with E-state index in [1.54, 1.807) is 20.8 Å². The van der Waals surface area contributed by atoms with Gasteiger partial charge in [0.25, 0.3) is 5.69 Å². The van der Waals surface area contributed by atoms with E-state index in [4.69, 9.17) is 14.2 Å². The molecular weight excluding hydrogens is 320 g/mol. The fourth-order valence-corrected chi connectivity index (χ4v) is 1.46. The number of hydrogen-bond acceptors (Lipinski definition) is 7. The first kappa shape index (κ1) is 19.2. The molecule has 0 saturated heterocycles. The van der Waals surface area contributed by atoms with Gasteiger partial charge < -0.3 is 19.1 Å². The van der Waals surface area contributed by atoms with Crippen molar-refractivity contribution < 1.29 is 28.7 Å². The zero-order chi connectivity index (χ0) is 18.3. The predicted molar refractivity (Wildman–Crippen MR) is 83.9 cm³/mol. The summed E-state index contributed by atoms with van der Waals surface area (Å²) in [6.07, 6.45) is -1.50. The van der Waals surface area contributed by atoms with Gasteiger partial charge in [-0.3, -0.25) is 10.1 Å². The number of carbonyl (C=O) groups excluding carboxylic acids is 2. The van der Waals surface area contributed by atoms with Crippen molar-refractivity contribution in [3.8, 4) is 5.75 Å². The molecule has 1 amide bonds. The Morgan fingerprint density at radius 3 is 2.29 bits per heavy atom. The Morgan fingerprint density at radius 1 is 1.21 bits per heavy atom. The van der Waals surface area contributed by atoms with Crippen LogP contribution in [-0.2, 0) is 9.47 Å². The van der Waals surface area contributed by atoms with Crippen LogP contribution in [0.25, 0.3) is 0 Å². The predicted octanol–water partition coefficient (Wildman–Crippen LogP) is 2.98. The van der Waals surface area contributed by atoms with Crippen LogP contribution in [0.15, 0.2) is 24.3 Å². The maximum Gasteiger partial charge on any atom is 0.513 e. The molecular formula is C15H20N2O7. The van der Waals surface area contributed by atoms with Gasteiger partial charge in [-0.15, -0.1) is 0 Å². The first-order valence-corrected chi connectivity index (χ1v) is 7.11. The van der Waals surface area contributed by atoms with Crippen LogP contribution in [0.5, 0.6) is 5.75 Å². The van der Waals surface area contributed by atoms with E-state index >= 15 is 0 Å². The zero-order valence-electron chi connectivity index (χ0n) is 14.0. The normalized spacial score (nSPS) is 10.7. The quantitative estimate of drug-likeness (QED) is 0.351. The van der Waals surface area contributed by atoms with Crippen LogP contribution in [0.1, 0.15) is 20.8 Å². The van der Waals surface area contributed by atoms with E-state index in [0.29, 0.717) is 0 Å². The van der Waals surface area contributed by atoms with Gasteiger partial charge in [0.05, 0.1) is 11.5 Å². The van der Waals surface area contributed by atoms with Crippen LogP contribution < -0.4 is 4.74 Å². The molecule has 9 heteroatoms. The Hall–Kier alpha value is -2.84. The molecule has 0 bridgehead atoms. The maximum atomic E-state index is 11.7. The number of likely N-dealkylation sites (N-methyl/N-ethyl adjacent to an activating group) is 1. The number of nitro groups is 1. The highest BCUT2D eigenvalue weighted by Gasteiger charge is 2.19. The van der Waals surface area contributed by atoms with E-state index in [1.165, 1.54) is 36.2 Å². The van der Waals surface area contributed by atoms with Gasteiger partial charge in [-0.25, -0.2) is 9.59 Å². The molecule has 0 atom stereocenters. The second-order valence-corrected chi connectivity index (χ2v) is 5.85. The van der Waals surface area contributed by atoms with Crippen molar-refractivity contribution in [2.24, 2.45) is 0 Å². The van der Waals surface area contributed by atoms with Crippen LogP contribution in [0.4, 0.5) is 15.3 Å². The lowest BCUT2D eigenvalue weighted by molar-refractivity contribution is -0.384. The number of nitrogens with zero attached hydrogens (tertiary/aromatic N) is 2. The molecule has 0 aliphatic carbocycles. The minimum absolute atomic E-state index is 0.0818. The van der Waals surface area contributed by atoms with Gasteiger partial charge in [0.15, 0.2) is 0 Å². The monoisotopic (exact) mass is 340 g/mol. The molecule has 0 aliphatic rings. The summed E-state index contributed by atoms with van der Waals surface area (Å²) < 4.78 is 14.8. The fraction of sp³-hybridized carbons (Fsp3) is 0.467. The Morgan fingerprint density at radius 2 is 1.79 bits per heavy atom. The highest BCUT2D eigenvalue weighted by atomic mass is 16.7. The molecule has 0 N–H and O–H groups in total. The Labute approximate surface area is 139 Å². The maximum absolute atomic E-state index is 11.7. The number of benzene rings is 1. The standard InChI is InChI=1S/C15H20N2O7/c1-15(2,3)24-13(18)16(4)9-10-22-14(19)23-12-7-5-11(6-8-12)17(20)21/h5-8H,9-10H2,1-4H3. The highest BCUT2D eigenvalue weighted by molar-refractivity contribution is 5.68. The van der Waals surface area contributed by atoms with Crippen molar-refractivity contribution in [2.45, 2.75) is 26.4 Å². The molecule has 0 radical (unpaired) electrons. The van der Waals surface area contributed by atoms with Crippen LogP contribution >= 0.6 is 0 Å². The molecule has 132 valence electrons. The molecule has 1 rings (SSSR count). The molecule has 1 aromatic rings. The van der Waals surface area contributed by atoms with Crippen molar-refractivity contribution >= 4 is 17.9 Å². The zero-order valence-corrected chi connectivity index (χ0v) is 14.0. The summed E-state index contributed by atoms with van der Waals surface area (Å²) in [4.78, 5) is 34.4. The van der Waals surface area contributed by atoms with Gasteiger partial charge in [0.1, 0.15) is 18.0 Å². The van der Waals surface area contributed by atoms with E-state index in [0.717, 1.165) is 0 Å². The lowest BCUT2D eigenvalue weighted by Crippen LogP contribution is -2.36. The molecule has 0 saturated carbocycles. The largest absolute Gasteiger partial charge is 0.513 e. The molecule has 0 spiro atoms. The summed E-state index contributed by atoms with van der Waals surface area (Å²) in [5.41, 5.74) is -0.726. The van der Waals surface area contributed by atoms with Crippen LogP contribution in [-0.4, -0.2) is 47.9 Å². The molecule has 1 aromatic carbocycles. The fourth-order valence-electron chi connectivity index (χ4n) is 1.46. The number of carbonyl (C=O) groups is 2. The van der Waals surface area contributed by atoms with Crippen LogP contribution in [0, 0.1) is 10.1 Å². The molecule has 0 aromatic heterocycles. The molecule has 0 aliphatic heterocycles. The Balaban J connectivity index is 2.36. The SMILES string of the molecule is CN(CCOC(=O)Oc1ccc([N+](=O)[O-])cc1)C(=O)OC(C)(C)C. The third-order valence-electron chi connectivity index (χ3n) is 2.60. The van der Waals surface area contributed by atoms with Crippen LogP contribution in [0.3, 0.4) is 0 Å². The van der Waals surface area contributed by atoms with Crippen molar-refractivity contribution in [3.63, 3.8) is 0 Å². The molecule has 0 unspecified atom stereocenters. The van der Waals surface area contributed by atoms with Gasteiger partial charge >= 0.3 is 12.2 Å². The average Bonchev–Trinajstić information content (AvgIpc) is 2.45. The molecule has 0 heterocycles. The third kappa shape index (κ3) is 6.95. The van der Waals surface area contributed by atoms with Crippen molar-refractivity contribution in [1.29, 1.82) is 0 Å². The summed E-state index contributed by atoms with van der Waals surface area (Å²) in [5, 5.41) is 10.5. The number of amides is 1.